The van der Waals surface area contributed by atoms with Gasteiger partial charge in [0.15, 0.2) is 5.76 Å². The molecule has 0 saturated carbocycles. The Kier molecular flexibility index (Phi) is 3.74. The summed E-state index contributed by atoms with van der Waals surface area (Å²) in [5.74, 6) is 1.06. The number of carbonyl (C=O) groups is 2. The van der Waals surface area contributed by atoms with Crippen molar-refractivity contribution >= 4 is 11.8 Å². The van der Waals surface area contributed by atoms with E-state index in [4.69, 9.17) is 4.42 Å². The van der Waals surface area contributed by atoms with Gasteiger partial charge in [0.1, 0.15) is 0 Å². The normalized spacial score (nSPS) is 25.3. The molecule has 114 valence electrons. The van der Waals surface area contributed by atoms with Gasteiger partial charge >= 0.3 is 0 Å². The minimum absolute atomic E-state index is 0.0351. The summed E-state index contributed by atoms with van der Waals surface area (Å²) in [5, 5.41) is 0. The molecule has 5 nitrogen and oxygen atoms in total. The van der Waals surface area contributed by atoms with E-state index in [2.05, 4.69) is 0 Å². The molecule has 0 spiro atoms. The highest BCUT2D eigenvalue weighted by Gasteiger charge is 2.42. The fourth-order valence-corrected chi connectivity index (χ4v) is 3.53. The number of carbonyl (C=O) groups excluding carboxylic acids is 2. The molecule has 2 saturated heterocycles. The summed E-state index contributed by atoms with van der Waals surface area (Å²) in [6.07, 6.45) is 3.39. The van der Waals surface area contributed by atoms with Crippen LogP contribution in [0.25, 0.3) is 0 Å². The molecule has 2 fully saturated rings. The molecule has 2 aliphatic heterocycles. The van der Waals surface area contributed by atoms with Crippen LogP contribution in [0.4, 0.5) is 0 Å². The predicted molar refractivity (Wildman–Crippen MR) is 77.7 cm³/mol. The Bertz CT molecular complexity index is 524. The lowest BCUT2D eigenvalue weighted by molar-refractivity contribution is -0.136. The van der Waals surface area contributed by atoms with Crippen LogP contribution in [0, 0.1) is 11.8 Å². The summed E-state index contributed by atoms with van der Waals surface area (Å²) in [5.41, 5.74) is 0. The highest BCUT2D eigenvalue weighted by Crippen LogP contribution is 2.32. The second-order valence-corrected chi connectivity index (χ2v) is 6.32. The number of hydrogen-bond donors (Lipinski definition) is 0. The van der Waals surface area contributed by atoms with E-state index in [-0.39, 0.29) is 17.7 Å². The lowest BCUT2D eigenvalue weighted by Crippen LogP contribution is -2.49. The van der Waals surface area contributed by atoms with Gasteiger partial charge in [-0.05, 0) is 30.9 Å². The number of likely N-dealkylation sites (tertiary alicyclic amines) is 2. The Morgan fingerprint density at radius 2 is 2.10 bits per heavy atom. The summed E-state index contributed by atoms with van der Waals surface area (Å²) in [4.78, 5) is 28.5. The summed E-state index contributed by atoms with van der Waals surface area (Å²) in [6, 6.07) is 3.75. The molecule has 3 rings (SSSR count). The molecule has 2 amide bonds. The quantitative estimate of drug-likeness (QED) is 0.837. The van der Waals surface area contributed by atoms with E-state index in [1.54, 1.807) is 12.1 Å². The fraction of sp³-hybridized carbons (Fsp3) is 0.625. The molecule has 2 atom stereocenters. The summed E-state index contributed by atoms with van der Waals surface area (Å²) >= 11 is 0. The Labute approximate surface area is 124 Å². The zero-order valence-corrected chi connectivity index (χ0v) is 12.6. The zero-order chi connectivity index (χ0) is 15.0. The third-order valence-corrected chi connectivity index (χ3v) is 4.63. The van der Waals surface area contributed by atoms with Crippen molar-refractivity contribution in [1.82, 2.24) is 9.80 Å². The van der Waals surface area contributed by atoms with Crippen molar-refractivity contribution in [3.05, 3.63) is 24.2 Å². The van der Waals surface area contributed by atoms with Crippen LogP contribution in [0.15, 0.2) is 22.8 Å². The maximum atomic E-state index is 12.3. The average molecular weight is 290 g/mol. The van der Waals surface area contributed by atoms with E-state index in [0.717, 1.165) is 25.9 Å². The molecule has 0 radical (unpaired) electrons. The van der Waals surface area contributed by atoms with Crippen LogP contribution >= 0.6 is 0 Å². The highest BCUT2D eigenvalue weighted by atomic mass is 16.3. The minimum Gasteiger partial charge on any atom is -0.459 e. The minimum atomic E-state index is -0.0351. The number of nitrogens with zero attached hydrogens (tertiary/aromatic N) is 2. The molecule has 5 heteroatoms. The first kappa shape index (κ1) is 14.2. The second-order valence-electron chi connectivity index (χ2n) is 6.32. The molecular formula is C16H22N2O3. The number of piperidine rings is 1. The maximum absolute atomic E-state index is 12.3. The summed E-state index contributed by atoms with van der Waals surface area (Å²) in [7, 11) is 0. The molecule has 0 aliphatic carbocycles. The summed E-state index contributed by atoms with van der Waals surface area (Å²) < 4.78 is 5.19. The number of amides is 2. The third kappa shape index (κ3) is 2.57. The van der Waals surface area contributed by atoms with Gasteiger partial charge in [0.05, 0.1) is 6.26 Å². The molecule has 0 N–H and O–H groups in total. The molecular weight excluding hydrogens is 268 g/mol. The SMILES string of the molecule is CC(C)C(=O)N1CCC2CN(C(=O)c3ccco3)CCC21. The van der Waals surface area contributed by atoms with Crippen LogP contribution in [0.3, 0.4) is 0 Å². The third-order valence-electron chi connectivity index (χ3n) is 4.63. The number of furan rings is 1. The van der Waals surface area contributed by atoms with Crippen LogP contribution < -0.4 is 0 Å². The van der Waals surface area contributed by atoms with E-state index in [1.165, 1.54) is 6.26 Å². The van der Waals surface area contributed by atoms with Crippen molar-refractivity contribution in [2.24, 2.45) is 11.8 Å². The van der Waals surface area contributed by atoms with E-state index in [9.17, 15) is 9.59 Å². The van der Waals surface area contributed by atoms with Crippen molar-refractivity contribution in [3.63, 3.8) is 0 Å². The van der Waals surface area contributed by atoms with E-state index >= 15 is 0 Å². The molecule has 1 aromatic rings. The van der Waals surface area contributed by atoms with E-state index < -0.39 is 0 Å². The first-order valence-corrected chi connectivity index (χ1v) is 7.71. The lowest BCUT2D eigenvalue weighted by atomic mass is 9.92. The monoisotopic (exact) mass is 290 g/mol. The van der Waals surface area contributed by atoms with Crippen molar-refractivity contribution in [3.8, 4) is 0 Å². The first-order chi connectivity index (χ1) is 10.1. The molecule has 1 aromatic heterocycles. The smallest absolute Gasteiger partial charge is 0.289 e. The molecule has 3 heterocycles. The van der Waals surface area contributed by atoms with Crippen LogP contribution in [0.5, 0.6) is 0 Å². The first-order valence-electron chi connectivity index (χ1n) is 7.71. The van der Waals surface area contributed by atoms with Gasteiger partial charge in [-0.1, -0.05) is 13.8 Å². The number of rotatable bonds is 2. The topological polar surface area (TPSA) is 53.8 Å². The highest BCUT2D eigenvalue weighted by molar-refractivity contribution is 5.91. The van der Waals surface area contributed by atoms with Crippen molar-refractivity contribution in [1.29, 1.82) is 0 Å². The van der Waals surface area contributed by atoms with Gasteiger partial charge in [0.25, 0.3) is 5.91 Å². The predicted octanol–water partition coefficient (Wildman–Crippen LogP) is 2.00. The van der Waals surface area contributed by atoms with E-state index in [1.807, 2.05) is 23.6 Å². The van der Waals surface area contributed by atoms with Gasteiger partial charge in [-0.25, -0.2) is 0 Å². The van der Waals surface area contributed by atoms with Gasteiger partial charge < -0.3 is 14.2 Å². The van der Waals surface area contributed by atoms with Crippen LogP contribution in [0.2, 0.25) is 0 Å². The van der Waals surface area contributed by atoms with E-state index in [0.29, 0.717) is 24.3 Å². The molecule has 0 bridgehead atoms. The Morgan fingerprint density at radius 1 is 1.29 bits per heavy atom. The largest absolute Gasteiger partial charge is 0.459 e. The number of hydrogen-bond acceptors (Lipinski definition) is 3. The van der Waals surface area contributed by atoms with Crippen molar-refractivity contribution in [2.45, 2.75) is 32.7 Å². The molecule has 2 aliphatic rings. The van der Waals surface area contributed by atoms with Crippen molar-refractivity contribution < 1.29 is 14.0 Å². The van der Waals surface area contributed by atoms with Gasteiger partial charge in [-0.3, -0.25) is 9.59 Å². The zero-order valence-electron chi connectivity index (χ0n) is 12.6. The molecule has 0 aromatic carbocycles. The van der Waals surface area contributed by atoms with Gasteiger partial charge in [-0.15, -0.1) is 0 Å². The average Bonchev–Trinajstić information content (AvgIpc) is 3.14. The van der Waals surface area contributed by atoms with Crippen LogP contribution in [-0.2, 0) is 4.79 Å². The Balaban J connectivity index is 1.66. The van der Waals surface area contributed by atoms with Gasteiger partial charge in [0.2, 0.25) is 5.91 Å². The van der Waals surface area contributed by atoms with Gasteiger partial charge in [-0.2, -0.15) is 0 Å². The second kappa shape index (κ2) is 5.54. The number of fused-ring (bicyclic) bond motifs is 1. The van der Waals surface area contributed by atoms with Crippen LogP contribution in [-0.4, -0.2) is 47.3 Å². The maximum Gasteiger partial charge on any atom is 0.289 e. The Hall–Kier alpha value is -1.78. The standard InChI is InChI=1S/C16H22N2O3/c1-11(2)15(19)18-8-5-12-10-17(7-6-13(12)18)16(20)14-4-3-9-21-14/h3-4,9,11-13H,5-8,10H2,1-2H3. The fourth-order valence-electron chi connectivity index (χ4n) is 3.53. The van der Waals surface area contributed by atoms with Crippen molar-refractivity contribution in [2.75, 3.05) is 19.6 Å². The lowest BCUT2D eigenvalue weighted by Gasteiger charge is -2.38. The molecule has 21 heavy (non-hydrogen) atoms. The Morgan fingerprint density at radius 3 is 2.76 bits per heavy atom. The van der Waals surface area contributed by atoms with Crippen LogP contribution in [0.1, 0.15) is 37.2 Å². The van der Waals surface area contributed by atoms with Gasteiger partial charge in [0, 0.05) is 31.6 Å². The molecule has 2 unspecified atom stereocenters. The summed E-state index contributed by atoms with van der Waals surface area (Å²) in [6.45, 7) is 6.15.